The minimum atomic E-state index is -0.186. The van der Waals surface area contributed by atoms with Gasteiger partial charge in [0.1, 0.15) is 5.82 Å². The summed E-state index contributed by atoms with van der Waals surface area (Å²) < 4.78 is 13.8. The van der Waals surface area contributed by atoms with Gasteiger partial charge in [-0.25, -0.2) is 9.18 Å². The van der Waals surface area contributed by atoms with Crippen LogP contribution < -0.4 is 5.32 Å². The zero-order valence-electron chi connectivity index (χ0n) is 11.6. The van der Waals surface area contributed by atoms with Crippen molar-refractivity contribution in [3.8, 4) is 0 Å². The van der Waals surface area contributed by atoms with E-state index < -0.39 is 0 Å². The molecule has 104 valence electrons. The second-order valence-electron chi connectivity index (χ2n) is 5.09. The maximum Gasteiger partial charge on any atom is 0.317 e. The molecule has 0 unspecified atom stereocenters. The van der Waals surface area contributed by atoms with Gasteiger partial charge in [-0.15, -0.1) is 0 Å². The van der Waals surface area contributed by atoms with Crippen molar-refractivity contribution in [3.63, 3.8) is 0 Å². The fraction of sp³-hybridized carbons (Fsp3) is 0.533. The molecule has 0 aromatic heterocycles. The van der Waals surface area contributed by atoms with E-state index in [9.17, 15) is 9.18 Å². The molecule has 0 heterocycles. The first-order chi connectivity index (χ1) is 9.13. The third kappa shape index (κ3) is 2.88. The lowest BCUT2D eigenvalue weighted by atomic mass is 9.95. The molecule has 19 heavy (non-hydrogen) atoms. The highest BCUT2D eigenvalue weighted by molar-refractivity contribution is 5.74. The van der Waals surface area contributed by atoms with Gasteiger partial charge in [-0.3, -0.25) is 0 Å². The molecule has 2 amide bonds. The van der Waals surface area contributed by atoms with Crippen LogP contribution >= 0.6 is 0 Å². The minimum Gasteiger partial charge on any atom is -0.337 e. The lowest BCUT2D eigenvalue weighted by Gasteiger charge is -2.22. The van der Waals surface area contributed by atoms with Gasteiger partial charge in [0.05, 0.1) is 0 Å². The van der Waals surface area contributed by atoms with E-state index in [2.05, 4.69) is 5.32 Å². The number of rotatable bonds is 5. The van der Waals surface area contributed by atoms with Gasteiger partial charge in [-0.2, -0.15) is 0 Å². The molecule has 1 saturated carbocycles. The molecule has 1 fully saturated rings. The normalized spacial score (nSPS) is 15.9. The molecule has 1 N–H and O–H groups in total. The summed E-state index contributed by atoms with van der Waals surface area (Å²) in [7, 11) is 0. The Bertz CT molecular complexity index is 453. The van der Waals surface area contributed by atoms with Gasteiger partial charge in [0.2, 0.25) is 0 Å². The first-order valence-corrected chi connectivity index (χ1v) is 6.90. The van der Waals surface area contributed by atoms with Gasteiger partial charge < -0.3 is 10.2 Å². The quantitative estimate of drug-likeness (QED) is 0.871. The van der Waals surface area contributed by atoms with Crippen LogP contribution in [0.5, 0.6) is 0 Å². The number of nitrogens with zero attached hydrogens (tertiary/aromatic N) is 1. The molecule has 2 rings (SSSR count). The van der Waals surface area contributed by atoms with Gasteiger partial charge in [0.25, 0.3) is 0 Å². The van der Waals surface area contributed by atoms with Crippen molar-refractivity contribution in [1.82, 2.24) is 10.2 Å². The molecule has 1 aliphatic carbocycles. The minimum absolute atomic E-state index is 0.0624. The maximum absolute atomic E-state index is 13.8. The van der Waals surface area contributed by atoms with E-state index in [-0.39, 0.29) is 17.3 Å². The first kappa shape index (κ1) is 13.8. The van der Waals surface area contributed by atoms with E-state index in [1.807, 2.05) is 26.0 Å². The van der Waals surface area contributed by atoms with Crippen molar-refractivity contribution in [2.45, 2.75) is 32.1 Å². The number of amides is 2. The van der Waals surface area contributed by atoms with Crippen molar-refractivity contribution >= 4 is 6.03 Å². The molecule has 0 saturated heterocycles. The molecule has 0 bridgehead atoms. The summed E-state index contributed by atoms with van der Waals surface area (Å²) in [6, 6.07) is 6.80. The lowest BCUT2D eigenvalue weighted by Crippen LogP contribution is -2.42. The average molecular weight is 264 g/mol. The van der Waals surface area contributed by atoms with E-state index in [1.165, 1.54) is 6.07 Å². The van der Waals surface area contributed by atoms with Gasteiger partial charge in [0, 0.05) is 25.0 Å². The Balaban J connectivity index is 2.00. The second kappa shape index (κ2) is 5.59. The highest BCUT2D eigenvalue weighted by Gasteiger charge is 2.46. The molecule has 1 aliphatic rings. The number of benzene rings is 1. The van der Waals surface area contributed by atoms with Crippen LogP contribution in [0.2, 0.25) is 0 Å². The van der Waals surface area contributed by atoms with Crippen LogP contribution in [0, 0.1) is 5.82 Å². The summed E-state index contributed by atoms with van der Waals surface area (Å²) in [6.07, 6.45) is 1.87. The fourth-order valence-corrected chi connectivity index (χ4v) is 2.45. The number of nitrogens with one attached hydrogen (secondary N) is 1. The summed E-state index contributed by atoms with van der Waals surface area (Å²) in [4.78, 5) is 13.7. The number of hydrogen-bond donors (Lipinski definition) is 1. The molecular weight excluding hydrogens is 243 g/mol. The molecule has 0 radical (unpaired) electrons. The zero-order valence-corrected chi connectivity index (χ0v) is 11.6. The predicted octanol–water partition coefficient (Wildman–Crippen LogP) is 2.91. The SMILES string of the molecule is CCN(CC)C(=O)NCC1(c2ccccc2F)CC1. The molecule has 1 aromatic rings. The first-order valence-electron chi connectivity index (χ1n) is 6.90. The smallest absolute Gasteiger partial charge is 0.317 e. The number of carbonyl (C=O) groups is 1. The Kier molecular flexibility index (Phi) is 4.08. The van der Waals surface area contributed by atoms with Crippen molar-refractivity contribution in [2.75, 3.05) is 19.6 Å². The number of urea groups is 1. The molecule has 0 spiro atoms. The Hall–Kier alpha value is -1.58. The maximum atomic E-state index is 13.8. The molecule has 3 nitrogen and oxygen atoms in total. The van der Waals surface area contributed by atoms with E-state index in [1.54, 1.807) is 11.0 Å². The van der Waals surface area contributed by atoms with Crippen LogP contribution in [-0.2, 0) is 5.41 Å². The molecule has 1 aromatic carbocycles. The molecular formula is C15H21FN2O. The monoisotopic (exact) mass is 264 g/mol. The Morgan fingerprint density at radius 1 is 1.32 bits per heavy atom. The molecule has 4 heteroatoms. The van der Waals surface area contributed by atoms with Crippen molar-refractivity contribution in [2.24, 2.45) is 0 Å². The zero-order chi connectivity index (χ0) is 13.9. The van der Waals surface area contributed by atoms with Gasteiger partial charge in [-0.1, -0.05) is 18.2 Å². The van der Waals surface area contributed by atoms with Gasteiger partial charge in [0.15, 0.2) is 0 Å². The summed E-state index contributed by atoms with van der Waals surface area (Å²) in [5.74, 6) is -0.169. The highest BCUT2D eigenvalue weighted by Crippen LogP contribution is 2.48. The third-order valence-electron chi connectivity index (χ3n) is 3.93. The Morgan fingerprint density at radius 2 is 1.95 bits per heavy atom. The van der Waals surface area contributed by atoms with Gasteiger partial charge in [-0.05, 0) is 38.3 Å². The summed E-state index contributed by atoms with van der Waals surface area (Å²) >= 11 is 0. The fourth-order valence-electron chi connectivity index (χ4n) is 2.45. The second-order valence-corrected chi connectivity index (χ2v) is 5.09. The summed E-state index contributed by atoms with van der Waals surface area (Å²) in [6.45, 7) is 5.80. The van der Waals surface area contributed by atoms with Crippen LogP contribution in [0.4, 0.5) is 9.18 Å². The Labute approximate surface area is 113 Å². The number of halogens is 1. The third-order valence-corrected chi connectivity index (χ3v) is 3.93. The highest BCUT2D eigenvalue weighted by atomic mass is 19.1. The molecule has 0 aliphatic heterocycles. The van der Waals surface area contributed by atoms with Crippen molar-refractivity contribution in [3.05, 3.63) is 35.6 Å². The summed E-state index contributed by atoms with van der Waals surface area (Å²) in [5, 5.41) is 2.93. The van der Waals surface area contributed by atoms with Gasteiger partial charge >= 0.3 is 6.03 Å². The van der Waals surface area contributed by atoms with E-state index in [0.29, 0.717) is 19.6 Å². The standard InChI is InChI=1S/C15H21FN2O/c1-3-18(4-2)14(19)17-11-15(9-10-15)12-7-5-6-8-13(12)16/h5-8H,3-4,9-11H2,1-2H3,(H,17,19). The van der Waals surface area contributed by atoms with Crippen molar-refractivity contribution in [1.29, 1.82) is 0 Å². The lowest BCUT2D eigenvalue weighted by molar-refractivity contribution is 0.202. The van der Waals surface area contributed by atoms with Crippen LogP contribution in [0.3, 0.4) is 0 Å². The number of hydrogen-bond acceptors (Lipinski definition) is 1. The van der Waals surface area contributed by atoms with E-state index in [4.69, 9.17) is 0 Å². The largest absolute Gasteiger partial charge is 0.337 e. The summed E-state index contributed by atoms with van der Waals surface area (Å²) in [5.41, 5.74) is 0.545. The topological polar surface area (TPSA) is 32.3 Å². The van der Waals surface area contributed by atoms with E-state index >= 15 is 0 Å². The van der Waals surface area contributed by atoms with Crippen LogP contribution in [0.1, 0.15) is 32.3 Å². The predicted molar refractivity (Wildman–Crippen MR) is 73.6 cm³/mol. The average Bonchev–Trinajstić information content (AvgIpc) is 3.19. The number of carbonyl (C=O) groups excluding carboxylic acids is 1. The molecule has 0 atom stereocenters. The van der Waals surface area contributed by atoms with Crippen LogP contribution in [0.25, 0.3) is 0 Å². The van der Waals surface area contributed by atoms with E-state index in [0.717, 1.165) is 18.4 Å². The van der Waals surface area contributed by atoms with Crippen LogP contribution in [-0.4, -0.2) is 30.6 Å². The van der Waals surface area contributed by atoms with Crippen LogP contribution in [0.15, 0.2) is 24.3 Å². The Morgan fingerprint density at radius 3 is 2.47 bits per heavy atom. The van der Waals surface area contributed by atoms with Crippen molar-refractivity contribution < 1.29 is 9.18 Å².